The highest BCUT2D eigenvalue weighted by Crippen LogP contribution is 2.24. The van der Waals surface area contributed by atoms with Crippen molar-refractivity contribution in [3.63, 3.8) is 0 Å². The van der Waals surface area contributed by atoms with Crippen molar-refractivity contribution in [2.45, 2.75) is 135 Å². The Morgan fingerprint density at radius 2 is 1.37 bits per heavy atom. The number of amides is 7. The fraction of sp³-hybridized carbons (Fsp3) is 0.549. The van der Waals surface area contributed by atoms with Gasteiger partial charge in [-0.2, -0.15) is 0 Å². The molecule has 0 aliphatic carbocycles. The number of hydrogen-bond donors (Lipinski definition) is 12. The highest BCUT2D eigenvalue weighted by molar-refractivity contribution is 5.98. The Hall–Kier alpha value is -7.23. The van der Waals surface area contributed by atoms with Gasteiger partial charge in [-0.1, -0.05) is 84.7 Å². The number of likely N-dealkylation sites (tertiary alicyclic amines) is 1. The number of carboxylic acid groups (broad SMARTS) is 1. The molecule has 2 heterocycles. The van der Waals surface area contributed by atoms with E-state index in [1.165, 1.54) is 17.0 Å². The minimum absolute atomic E-state index is 0.0106. The zero-order chi connectivity index (χ0) is 53.9. The molecule has 7 amide bonds. The third kappa shape index (κ3) is 16.9. The number of aromatic nitrogens is 1. The van der Waals surface area contributed by atoms with Gasteiger partial charge in [0.2, 0.25) is 41.4 Å². The molecule has 73 heavy (non-hydrogen) atoms. The average Bonchev–Trinajstić information content (AvgIpc) is 4.02. The predicted octanol–water partition coefficient (Wildman–Crippen LogP) is 0.664. The number of hydrogen-bond acceptors (Lipinski definition) is 11. The maximum Gasteiger partial charge on any atom is 0.326 e. The molecule has 1 fully saturated rings. The van der Waals surface area contributed by atoms with Gasteiger partial charge in [0.15, 0.2) is 5.96 Å². The highest BCUT2D eigenvalue weighted by atomic mass is 16.4. The molecule has 9 atom stereocenters. The van der Waals surface area contributed by atoms with Crippen LogP contribution < -0.4 is 48.7 Å². The van der Waals surface area contributed by atoms with Crippen LogP contribution in [0.25, 0.3) is 10.9 Å². The van der Waals surface area contributed by atoms with Crippen LogP contribution in [0.4, 0.5) is 0 Å². The zero-order valence-corrected chi connectivity index (χ0v) is 43.0. The van der Waals surface area contributed by atoms with Crippen molar-refractivity contribution in [3.8, 4) is 5.75 Å². The number of aromatic hydroxyl groups is 1. The fourth-order valence-electron chi connectivity index (χ4n) is 8.68. The van der Waals surface area contributed by atoms with Crippen LogP contribution in [0.2, 0.25) is 0 Å². The van der Waals surface area contributed by atoms with Crippen LogP contribution in [0.3, 0.4) is 0 Å². The average molecular weight is 1020 g/mol. The number of likely N-dealkylation sites (N-methyl/N-ethyl adjacent to an activating group) is 1. The van der Waals surface area contributed by atoms with Crippen molar-refractivity contribution < 1.29 is 48.6 Å². The number of rotatable bonds is 28. The second-order valence-electron chi connectivity index (χ2n) is 19.2. The van der Waals surface area contributed by atoms with E-state index in [4.69, 9.17) is 11.5 Å². The molecular formula is C51H76N12O10. The van der Waals surface area contributed by atoms with Crippen LogP contribution in [-0.2, 0) is 51.2 Å². The van der Waals surface area contributed by atoms with Gasteiger partial charge in [0.05, 0.1) is 6.54 Å². The largest absolute Gasteiger partial charge is 0.508 e. The van der Waals surface area contributed by atoms with E-state index in [1.807, 2.05) is 38.1 Å². The predicted molar refractivity (Wildman–Crippen MR) is 275 cm³/mol. The summed E-state index contributed by atoms with van der Waals surface area (Å²) in [5.41, 5.74) is 12.9. The normalized spacial score (nSPS) is 16.7. The number of nitrogens with zero attached hydrogens (tertiary/aromatic N) is 2. The first kappa shape index (κ1) is 58.3. The number of H-pyrrole nitrogens is 1. The second kappa shape index (κ2) is 28.1. The van der Waals surface area contributed by atoms with Crippen molar-refractivity contribution in [2.75, 3.05) is 26.7 Å². The number of phenols is 1. The van der Waals surface area contributed by atoms with Crippen molar-refractivity contribution >= 4 is 64.2 Å². The van der Waals surface area contributed by atoms with E-state index in [9.17, 15) is 48.6 Å². The first-order valence-electron chi connectivity index (χ1n) is 25.1. The third-order valence-electron chi connectivity index (χ3n) is 13.3. The third-order valence-corrected chi connectivity index (χ3v) is 13.3. The number of nitrogens with two attached hydrogens (primary N) is 2. The second-order valence-corrected chi connectivity index (χ2v) is 19.2. The molecule has 400 valence electrons. The lowest BCUT2D eigenvalue weighted by atomic mass is 9.95. The quantitative estimate of drug-likeness (QED) is 0.0271. The van der Waals surface area contributed by atoms with Gasteiger partial charge in [0.25, 0.3) is 0 Å². The lowest BCUT2D eigenvalue weighted by Gasteiger charge is -2.32. The lowest BCUT2D eigenvalue weighted by molar-refractivity contribution is -0.146. The number of carboxylic acids is 1. The fourth-order valence-corrected chi connectivity index (χ4v) is 8.68. The number of para-hydroxylation sites is 1. The van der Waals surface area contributed by atoms with E-state index in [1.54, 1.807) is 53.1 Å². The summed E-state index contributed by atoms with van der Waals surface area (Å²) in [4.78, 5) is 119. The van der Waals surface area contributed by atoms with Gasteiger partial charge in [-0.25, -0.2) is 4.79 Å². The topological polar surface area (TPSA) is 345 Å². The molecule has 14 N–H and O–H groups in total. The number of aliphatic carboxylic acids is 1. The molecule has 22 nitrogen and oxygen atoms in total. The molecule has 1 aromatic heterocycles. The highest BCUT2D eigenvalue weighted by Gasteiger charge is 2.41. The monoisotopic (exact) mass is 1020 g/mol. The summed E-state index contributed by atoms with van der Waals surface area (Å²) in [6.45, 7) is 10.8. The maximum atomic E-state index is 14.8. The van der Waals surface area contributed by atoms with Crippen LogP contribution >= 0.6 is 0 Å². The smallest absolute Gasteiger partial charge is 0.326 e. The molecule has 3 aromatic rings. The number of benzene rings is 2. The molecular weight excluding hydrogens is 941 g/mol. The molecule has 22 heteroatoms. The number of phenolic OH excluding ortho intramolecular Hbond substituents is 1. The van der Waals surface area contributed by atoms with Crippen LogP contribution in [0.1, 0.15) is 91.2 Å². The molecule has 0 bridgehead atoms. The Kier molecular flexibility index (Phi) is 22.5. The number of fused-ring (bicyclic) bond motifs is 1. The summed E-state index contributed by atoms with van der Waals surface area (Å²) in [5, 5.41) is 40.1. The van der Waals surface area contributed by atoms with E-state index in [0.717, 1.165) is 10.9 Å². The number of carbonyl (C=O) groups is 8. The number of nitrogens with one attached hydrogen (secondary N) is 8. The van der Waals surface area contributed by atoms with Gasteiger partial charge < -0.3 is 68.8 Å². The molecule has 4 rings (SSSR count). The van der Waals surface area contributed by atoms with Gasteiger partial charge >= 0.3 is 5.97 Å². The number of guanidine groups is 1. The molecule has 0 unspecified atom stereocenters. The summed E-state index contributed by atoms with van der Waals surface area (Å²) in [6, 6.07) is 5.08. The Morgan fingerprint density at radius 3 is 2.00 bits per heavy atom. The van der Waals surface area contributed by atoms with Crippen molar-refractivity contribution in [1.82, 2.24) is 47.1 Å². The molecule has 0 spiro atoms. The number of aliphatic imine (C=N–C) groups is 1. The first-order chi connectivity index (χ1) is 34.7. The maximum absolute atomic E-state index is 14.8. The Bertz CT molecular complexity index is 2400. The molecule has 1 saturated heterocycles. The van der Waals surface area contributed by atoms with Crippen LogP contribution in [0, 0.1) is 17.8 Å². The lowest BCUT2D eigenvalue weighted by Crippen LogP contribution is -2.62. The van der Waals surface area contributed by atoms with E-state index >= 15 is 0 Å². The Labute approximate surface area is 426 Å². The standard InChI is InChI=1S/C51H76N12O10/c1-8-29(5)42(48(70)59-38(25-32-26-56-35-15-11-10-14-34(32)35)49(71)63-23-13-17-39(63)46(68)62-43(50(72)73)30(6)9-2)61-45(67)37(24-31-18-20-33(64)21-19-31)58-47(69)41(28(3)4)60-44(66)36(57-40(65)27-54-7)16-12-22-55-51(52)53/h10-11,14-15,18-21,26,28-30,36-39,41-43,54,56,64H,8-9,12-13,16-17,22-25,27H2,1-7H3,(H,57,65)(H,58,69)(H,59,70)(H,60,66)(H,61,67)(H,62,68)(H,72,73)(H4,52,53,55)/t29-,30-,36-,37-,38-,39-,41-,42-,43-/m0/s1. The van der Waals surface area contributed by atoms with E-state index in [-0.39, 0.29) is 62.9 Å². The van der Waals surface area contributed by atoms with Gasteiger partial charge in [-0.05, 0) is 79.8 Å². The number of carbonyl (C=O) groups excluding carboxylic acids is 7. The molecule has 0 saturated carbocycles. The van der Waals surface area contributed by atoms with Crippen LogP contribution in [-0.4, -0.2) is 142 Å². The Morgan fingerprint density at radius 1 is 0.753 bits per heavy atom. The van der Waals surface area contributed by atoms with Crippen molar-refractivity contribution in [1.29, 1.82) is 0 Å². The molecule has 0 radical (unpaired) electrons. The summed E-state index contributed by atoms with van der Waals surface area (Å²) < 4.78 is 0. The van der Waals surface area contributed by atoms with Gasteiger partial charge in [-0.3, -0.25) is 38.6 Å². The van der Waals surface area contributed by atoms with Crippen molar-refractivity contribution in [2.24, 2.45) is 34.2 Å². The first-order valence-corrected chi connectivity index (χ1v) is 25.1. The molecule has 2 aromatic carbocycles. The van der Waals surface area contributed by atoms with E-state index in [2.05, 4.69) is 47.2 Å². The van der Waals surface area contributed by atoms with Crippen LogP contribution in [0.5, 0.6) is 5.75 Å². The summed E-state index contributed by atoms with van der Waals surface area (Å²) >= 11 is 0. The van der Waals surface area contributed by atoms with Gasteiger partial charge in [-0.15, -0.1) is 0 Å². The SMILES string of the molecule is CC[C@H](C)[C@H](NC(=O)[C@@H]1CCCN1C(=O)[C@H](Cc1c[nH]c2ccccc12)NC(=O)[C@@H](NC(=O)[C@H](Cc1ccc(O)cc1)NC(=O)[C@@H](NC(=O)[C@H](CCCN=C(N)N)NC(=O)CNC)C(C)C)[C@@H](C)CC)C(=O)O. The zero-order valence-electron chi connectivity index (χ0n) is 43.0. The Balaban J connectivity index is 1.65. The summed E-state index contributed by atoms with van der Waals surface area (Å²) in [5.74, 6) is -7.33. The minimum atomic E-state index is -1.35. The van der Waals surface area contributed by atoms with Gasteiger partial charge in [0.1, 0.15) is 48.0 Å². The molecule has 1 aliphatic heterocycles. The van der Waals surface area contributed by atoms with Crippen LogP contribution in [0.15, 0.2) is 59.7 Å². The molecule has 1 aliphatic rings. The summed E-state index contributed by atoms with van der Waals surface area (Å²) in [7, 11) is 1.57. The summed E-state index contributed by atoms with van der Waals surface area (Å²) in [6.07, 6.45) is 3.66. The van der Waals surface area contributed by atoms with Gasteiger partial charge in [0, 0.05) is 43.0 Å². The van der Waals surface area contributed by atoms with E-state index in [0.29, 0.717) is 36.8 Å². The van der Waals surface area contributed by atoms with Crippen molar-refractivity contribution in [3.05, 3.63) is 65.9 Å². The van der Waals surface area contributed by atoms with E-state index < -0.39 is 101 Å². The minimum Gasteiger partial charge on any atom is -0.508 e. The number of aromatic amines is 1.